The number of carbonyl (C=O) groups excluding carboxylic acids is 1. The molecule has 2 aromatic rings. The first-order valence-corrected chi connectivity index (χ1v) is 5.14. The van der Waals surface area contributed by atoms with Gasteiger partial charge in [0.2, 0.25) is 0 Å². The van der Waals surface area contributed by atoms with Crippen molar-refractivity contribution in [3.05, 3.63) is 42.2 Å². The highest BCUT2D eigenvalue weighted by atomic mass is 16.1. The molecule has 1 amide bonds. The average Bonchev–Trinajstić information content (AvgIpc) is 2.35. The molecule has 0 fully saturated rings. The molecule has 0 spiro atoms. The number of amides is 1. The van der Waals surface area contributed by atoms with Gasteiger partial charge in [0.05, 0.1) is 5.56 Å². The quantitative estimate of drug-likeness (QED) is 0.800. The maximum Gasteiger partial charge on any atom is 0.253 e. The zero-order valence-electron chi connectivity index (χ0n) is 8.81. The standard InChI is InChI=1S/C12H13N3O/c13-5-6-15-12(16)11-8-14-7-9-3-1-2-4-10(9)11/h1-4,7-8H,5-6,13H2,(H,15,16). The second kappa shape index (κ2) is 4.72. The van der Waals surface area contributed by atoms with E-state index in [1.165, 1.54) is 0 Å². The molecular formula is C12H13N3O. The lowest BCUT2D eigenvalue weighted by Crippen LogP contribution is -2.29. The maximum absolute atomic E-state index is 11.8. The van der Waals surface area contributed by atoms with Crippen molar-refractivity contribution in [2.24, 2.45) is 5.73 Å². The molecule has 1 heterocycles. The van der Waals surface area contributed by atoms with Crippen LogP contribution in [0, 0.1) is 0 Å². The van der Waals surface area contributed by atoms with Gasteiger partial charge in [0.15, 0.2) is 0 Å². The lowest BCUT2D eigenvalue weighted by Gasteiger charge is -2.06. The summed E-state index contributed by atoms with van der Waals surface area (Å²) in [7, 11) is 0. The van der Waals surface area contributed by atoms with Gasteiger partial charge in [0, 0.05) is 30.9 Å². The molecule has 0 aliphatic rings. The summed E-state index contributed by atoms with van der Waals surface area (Å²) < 4.78 is 0. The monoisotopic (exact) mass is 215 g/mol. The molecule has 0 radical (unpaired) electrons. The second-order valence-electron chi connectivity index (χ2n) is 3.45. The number of nitrogens with zero attached hydrogens (tertiary/aromatic N) is 1. The van der Waals surface area contributed by atoms with Gasteiger partial charge in [0.1, 0.15) is 0 Å². The van der Waals surface area contributed by atoms with Gasteiger partial charge < -0.3 is 11.1 Å². The van der Waals surface area contributed by atoms with Gasteiger partial charge in [-0.05, 0) is 5.39 Å². The van der Waals surface area contributed by atoms with Gasteiger partial charge in [0.25, 0.3) is 5.91 Å². The van der Waals surface area contributed by atoms with E-state index in [9.17, 15) is 4.79 Å². The van der Waals surface area contributed by atoms with Gasteiger partial charge in [-0.3, -0.25) is 9.78 Å². The van der Waals surface area contributed by atoms with E-state index in [2.05, 4.69) is 10.3 Å². The lowest BCUT2D eigenvalue weighted by atomic mass is 10.1. The SMILES string of the molecule is NCCNC(=O)c1cncc2ccccc12. The fraction of sp³-hybridized carbons (Fsp3) is 0.167. The summed E-state index contributed by atoms with van der Waals surface area (Å²) >= 11 is 0. The van der Waals surface area contributed by atoms with Crippen molar-refractivity contribution in [2.45, 2.75) is 0 Å². The van der Waals surface area contributed by atoms with E-state index in [0.717, 1.165) is 10.8 Å². The summed E-state index contributed by atoms with van der Waals surface area (Å²) in [6.07, 6.45) is 3.32. The van der Waals surface area contributed by atoms with Gasteiger partial charge in [-0.2, -0.15) is 0 Å². The van der Waals surface area contributed by atoms with Crippen molar-refractivity contribution in [3.8, 4) is 0 Å². The van der Waals surface area contributed by atoms with E-state index in [1.807, 2.05) is 24.3 Å². The Kier molecular flexibility index (Phi) is 3.12. The summed E-state index contributed by atoms with van der Waals surface area (Å²) in [6, 6.07) is 7.67. The molecule has 82 valence electrons. The molecule has 4 nitrogen and oxygen atoms in total. The van der Waals surface area contributed by atoms with Gasteiger partial charge in [-0.15, -0.1) is 0 Å². The number of nitrogens with one attached hydrogen (secondary N) is 1. The number of pyridine rings is 1. The van der Waals surface area contributed by atoms with Crippen LogP contribution in [0.3, 0.4) is 0 Å². The highest BCUT2D eigenvalue weighted by molar-refractivity contribution is 6.06. The molecule has 2 rings (SSSR count). The number of nitrogens with two attached hydrogens (primary N) is 1. The number of rotatable bonds is 3. The summed E-state index contributed by atoms with van der Waals surface area (Å²) in [5.74, 6) is -0.130. The molecule has 16 heavy (non-hydrogen) atoms. The Hall–Kier alpha value is -1.94. The molecule has 4 heteroatoms. The number of carbonyl (C=O) groups is 1. The molecule has 0 atom stereocenters. The molecule has 0 aliphatic carbocycles. The first-order valence-electron chi connectivity index (χ1n) is 5.14. The maximum atomic E-state index is 11.8. The van der Waals surface area contributed by atoms with Crippen LogP contribution in [0.15, 0.2) is 36.7 Å². The van der Waals surface area contributed by atoms with Crippen LogP contribution in [0.4, 0.5) is 0 Å². The third kappa shape index (κ3) is 2.01. The van der Waals surface area contributed by atoms with Crippen LogP contribution in [0.2, 0.25) is 0 Å². The predicted molar refractivity (Wildman–Crippen MR) is 63.1 cm³/mol. The zero-order chi connectivity index (χ0) is 11.4. The van der Waals surface area contributed by atoms with E-state index in [0.29, 0.717) is 18.7 Å². The van der Waals surface area contributed by atoms with Crippen molar-refractivity contribution in [2.75, 3.05) is 13.1 Å². The fourth-order valence-electron chi connectivity index (χ4n) is 1.58. The number of aromatic nitrogens is 1. The molecule has 0 aliphatic heterocycles. The lowest BCUT2D eigenvalue weighted by molar-refractivity contribution is 0.0956. The summed E-state index contributed by atoms with van der Waals surface area (Å²) in [6.45, 7) is 0.909. The van der Waals surface area contributed by atoms with Crippen molar-refractivity contribution < 1.29 is 4.79 Å². The van der Waals surface area contributed by atoms with Crippen LogP contribution in [-0.2, 0) is 0 Å². The van der Waals surface area contributed by atoms with Crippen LogP contribution in [0.25, 0.3) is 10.8 Å². The predicted octanol–water partition coefficient (Wildman–Crippen LogP) is 0.923. The van der Waals surface area contributed by atoms with E-state index in [1.54, 1.807) is 12.4 Å². The van der Waals surface area contributed by atoms with E-state index in [4.69, 9.17) is 5.73 Å². The van der Waals surface area contributed by atoms with Crippen molar-refractivity contribution in [1.82, 2.24) is 10.3 Å². The first-order chi connectivity index (χ1) is 7.83. The Morgan fingerprint density at radius 3 is 2.94 bits per heavy atom. The third-order valence-electron chi connectivity index (χ3n) is 2.34. The number of hydrogen-bond donors (Lipinski definition) is 2. The number of fused-ring (bicyclic) bond motifs is 1. The average molecular weight is 215 g/mol. The van der Waals surface area contributed by atoms with Gasteiger partial charge in [-0.25, -0.2) is 0 Å². The highest BCUT2D eigenvalue weighted by Gasteiger charge is 2.08. The van der Waals surface area contributed by atoms with Crippen LogP contribution in [0.1, 0.15) is 10.4 Å². The Bertz CT molecular complexity index is 505. The zero-order valence-corrected chi connectivity index (χ0v) is 8.81. The van der Waals surface area contributed by atoms with Gasteiger partial charge in [-0.1, -0.05) is 24.3 Å². The Morgan fingerprint density at radius 2 is 2.12 bits per heavy atom. The van der Waals surface area contributed by atoms with Crippen LogP contribution in [0.5, 0.6) is 0 Å². The smallest absolute Gasteiger partial charge is 0.253 e. The highest BCUT2D eigenvalue weighted by Crippen LogP contribution is 2.16. The Labute approximate surface area is 93.5 Å². The minimum absolute atomic E-state index is 0.130. The van der Waals surface area contributed by atoms with E-state index < -0.39 is 0 Å². The first kappa shape index (κ1) is 10.6. The summed E-state index contributed by atoms with van der Waals surface area (Å²) in [5.41, 5.74) is 5.93. The molecule has 0 bridgehead atoms. The van der Waals surface area contributed by atoms with Crippen molar-refractivity contribution in [3.63, 3.8) is 0 Å². The fourth-order valence-corrected chi connectivity index (χ4v) is 1.58. The Balaban J connectivity index is 2.40. The summed E-state index contributed by atoms with van der Waals surface area (Å²) in [5, 5.41) is 4.61. The second-order valence-corrected chi connectivity index (χ2v) is 3.45. The van der Waals surface area contributed by atoms with Crippen molar-refractivity contribution >= 4 is 16.7 Å². The molecule has 0 saturated heterocycles. The van der Waals surface area contributed by atoms with E-state index >= 15 is 0 Å². The molecule has 0 unspecified atom stereocenters. The molecule has 1 aromatic heterocycles. The number of hydrogen-bond acceptors (Lipinski definition) is 3. The number of benzene rings is 1. The normalized spacial score (nSPS) is 10.3. The Morgan fingerprint density at radius 1 is 1.31 bits per heavy atom. The largest absolute Gasteiger partial charge is 0.351 e. The van der Waals surface area contributed by atoms with Crippen LogP contribution in [-0.4, -0.2) is 24.0 Å². The summed E-state index contributed by atoms with van der Waals surface area (Å²) in [4.78, 5) is 15.9. The minimum atomic E-state index is -0.130. The van der Waals surface area contributed by atoms with Crippen LogP contribution < -0.4 is 11.1 Å². The van der Waals surface area contributed by atoms with E-state index in [-0.39, 0.29) is 5.91 Å². The topological polar surface area (TPSA) is 68.0 Å². The molecular weight excluding hydrogens is 202 g/mol. The molecule has 3 N–H and O–H groups in total. The third-order valence-corrected chi connectivity index (χ3v) is 2.34. The molecule has 0 saturated carbocycles. The molecule has 1 aromatic carbocycles. The van der Waals surface area contributed by atoms with Crippen molar-refractivity contribution in [1.29, 1.82) is 0 Å². The minimum Gasteiger partial charge on any atom is -0.351 e. The van der Waals surface area contributed by atoms with Gasteiger partial charge >= 0.3 is 0 Å². The van der Waals surface area contributed by atoms with Crippen LogP contribution >= 0.6 is 0 Å².